The Morgan fingerprint density at radius 3 is 2.56 bits per heavy atom. The molecule has 18 heavy (non-hydrogen) atoms. The first-order valence-electron chi connectivity index (χ1n) is 6.25. The summed E-state index contributed by atoms with van der Waals surface area (Å²) in [7, 11) is 1.86. The molecule has 0 fully saturated rings. The van der Waals surface area contributed by atoms with E-state index in [4.69, 9.17) is 10.5 Å². The predicted molar refractivity (Wildman–Crippen MR) is 72.2 cm³/mol. The number of nitrogens with two attached hydrogens (primary N) is 1. The van der Waals surface area contributed by atoms with E-state index in [1.54, 1.807) is 6.07 Å². The standard InChI is InChI=1S/C14H23FN2O/c1-5-18-12-7-6-10(8-11(12)15)13(17-4)14(2,3)9-16/h6-8,13,17H,5,9,16H2,1-4H3. The van der Waals surface area contributed by atoms with E-state index in [9.17, 15) is 4.39 Å². The number of halogens is 1. The molecule has 1 rings (SSSR count). The monoisotopic (exact) mass is 254 g/mol. The summed E-state index contributed by atoms with van der Waals surface area (Å²) in [6.07, 6.45) is 0. The van der Waals surface area contributed by atoms with Crippen molar-refractivity contribution >= 4 is 0 Å². The van der Waals surface area contributed by atoms with Gasteiger partial charge in [0.1, 0.15) is 0 Å². The van der Waals surface area contributed by atoms with Gasteiger partial charge in [-0.3, -0.25) is 0 Å². The third-order valence-corrected chi connectivity index (χ3v) is 3.19. The van der Waals surface area contributed by atoms with Gasteiger partial charge in [0.25, 0.3) is 0 Å². The van der Waals surface area contributed by atoms with Crippen LogP contribution in [0.15, 0.2) is 18.2 Å². The minimum absolute atomic E-state index is 0.00711. The van der Waals surface area contributed by atoms with Crippen LogP contribution in [0.5, 0.6) is 5.75 Å². The molecule has 0 bridgehead atoms. The van der Waals surface area contributed by atoms with Crippen molar-refractivity contribution < 1.29 is 9.13 Å². The second-order valence-electron chi connectivity index (χ2n) is 5.04. The molecule has 1 aromatic carbocycles. The highest BCUT2D eigenvalue weighted by Crippen LogP contribution is 2.33. The second kappa shape index (κ2) is 6.16. The first kappa shape index (κ1) is 14.9. The van der Waals surface area contributed by atoms with Crippen LogP contribution < -0.4 is 15.8 Å². The minimum Gasteiger partial charge on any atom is -0.491 e. The molecule has 0 aliphatic carbocycles. The predicted octanol–water partition coefficient (Wildman–Crippen LogP) is 2.47. The van der Waals surface area contributed by atoms with Crippen LogP contribution in [0, 0.1) is 11.2 Å². The van der Waals surface area contributed by atoms with Gasteiger partial charge in [-0.05, 0) is 43.6 Å². The maximum Gasteiger partial charge on any atom is 0.165 e. The third kappa shape index (κ3) is 3.21. The lowest BCUT2D eigenvalue weighted by atomic mass is 9.80. The van der Waals surface area contributed by atoms with Crippen molar-refractivity contribution in [2.24, 2.45) is 11.1 Å². The number of nitrogens with one attached hydrogen (secondary N) is 1. The van der Waals surface area contributed by atoms with Gasteiger partial charge in [0.2, 0.25) is 0 Å². The molecule has 0 heterocycles. The number of hydrogen-bond donors (Lipinski definition) is 2. The molecule has 0 aliphatic heterocycles. The Morgan fingerprint density at radius 2 is 2.11 bits per heavy atom. The van der Waals surface area contributed by atoms with E-state index >= 15 is 0 Å². The maximum atomic E-state index is 13.8. The first-order valence-corrected chi connectivity index (χ1v) is 6.25. The molecule has 0 amide bonds. The van der Waals surface area contributed by atoms with E-state index in [0.29, 0.717) is 18.9 Å². The summed E-state index contributed by atoms with van der Waals surface area (Å²) in [4.78, 5) is 0. The fourth-order valence-corrected chi connectivity index (χ4v) is 2.10. The molecule has 1 aromatic rings. The zero-order valence-corrected chi connectivity index (χ0v) is 11.6. The van der Waals surface area contributed by atoms with E-state index in [1.807, 2.05) is 20.0 Å². The Kier molecular flexibility index (Phi) is 5.11. The van der Waals surface area contributed by atoms with E-state index in [2.05, 4.69) is 19.2 Å². The molecule has 3 nitrogen and oxygen atoms in total. The largest absolute Gasteiger partial charge is 0.491 e. The molecule has 0 aromatic heterocycles. The van der Waals surface area contributed by atoms with Crippen molar-refractivity contribution in [3.05, 3.63) is 29.6 Å². The second-order valence-corrected chi connectivity index (χ2v) is 5.04. The molecule has 0 radical (unpaired) electrons. The van der Waals surface area contributed by atoms with E-state index in [-0.39, 0.29) is 17.3 Å². The van der Waals surface area contributed by atoms with Gasteiger partial charge in [0.05, 0.1) is 6.61 Å². The van der Waals surface area contributed by atoms with Crippen molar-refractivity contribution in [2.75, 3.05) is 20.2 Å². The molecule has 4 heteroatoms. The quantitative estimate of drug-likeness (QED) is 0.820. The minimum atomic E-state index is -0.331. The fraction of sp³-hybridized carbons (Fsp3) is 0.571. The van der Waals surface area contributed by atoms with Gasteiger partial charge in [-0.1, -0.05) is 19.9 Å². The fourth-order valence-electron chi connectivity index (χ4n) is 2.10. The average molecular weight is 254 g/mol. The number of rotatable bonds is 6. The van der Waals surface area contributed by atoms with Crippen LogP contribution in [-0.2, 0) is 0 Å². The maximum absolute atomic E-state index is 13.8. The lowest BCUT2D eigenvalue weighted by Gasteiger charge is -2.33. The van der Waals surface area contributed by atoms with Gasteiger partial charge < -0.3 is 15.8 Å². The highest BCUT2D eigenvalue weighted by molar-refractivity contribution is 5.32. The lowest BCUT2D eigenvalue weighted by molar-refractivity contribution is 0.264. The zero-order valence-electron chi connectivity index (χ0n) is 11.6. The van der Waals surface area contributed by atoms with Crippen LogP contribution in [0.3, 0.4) is 0 Å². The van der Waals surface area contributed by atoms with E-state index < -0.39 is 0 Å². The molecule has 1 unspecified atom stereocenters. The van der Waals surface area contributed by atoms with Crippen LogP contribution >= 0.6 is 0 Å². The summed E-state index contributed by atoms with van der Waals surface area (Å²) in [5, 5.41) is 3.20. The normalized spacial score (nSPS) is 13.4. The molecule has 0 aliphatic rings. The Labute approximate surface area is 109 Å². The summed E-state index contributed by atoms with van der Waals surface area (Å²) in [5.41, 5.74) is 6.52. The van der Waals surface area contributed by atoms with E-state index in [0.717, 1.165) is 5.56 Å². The summed E-state index contributed by atoms with van der Waals surface area (Å²) >= 11 is 0. The van der Waals surface area contributed by atoms with Gasteiger partial charge in [0.15, 0.2) is 11.6 Å². The summed E-state index contributed by atoms with van der Waals surface area (Å²) in [6.45, 7) is 6.93. The van der Waals surface area contributed by atoms with E-state index in [1.165, 1.54) is 6.07 Å². The smallest absolute Gasteiger partial charge is 0.165 e. The van der Waals surface area contributed by atoms with Crippen LogP contribution in [0.4, 0.5) is 4.39 Å². The first-order chi connectivity index (χ1) is 8.46. The zero-order chi connectivity index (χ0) is 13.8. The van der Waals surface area contributed by atoms with Gasteiger partial charge in [0, 0.05) is 6.04 Å². The van der Waals surface area contributed by atoms with Crippen LogP contribution in [0.1, 0.15) is 32.4 Å². The Morgan fingerprint density at radius 1 is 1.44 bits per heavy atom. The van der Waals surface area contributed by atoms with Gasteiger partial charge in [-0.15, -0.1) is 0 Å². The van der Waals surface area contributed by atoms with Crippen molar-refractivity contribution in [3.63, 3.8) is 0 Å². The van der Waals surface area contributed by atoms with Crippen molar-refractivity contribution in [1.29, 1.82) is 0 Å². The summed E-state index contributed by atoms with van der Waals surface area (Å²) in [5.74, 6) is -0.0379. The highest BCUT2D eigenvalue weighted by atomic mass is 19.1. The van der Waals surface area contributed by atoms with Gasteiger partial charge in [-0.2, -0.15) is 0 Å². The van der Waals surface area contributed by atoms with Crippen molar-refractivity contribution in [3.8, 4) is 5.75 Å². The SMILES string of the molecule is CCOc1ccc(C(NC)C(C)(C)CN)cc1F. The highest BCUT2D eigenvalue weighted by Gasteiger charge is 2.28. The summed E-state index contributed by atoms with van der Waals surface area (Å²) < 4.78 is 19.0. The lowest BCUT2D eigenvalue weighted by Crippen LogP contribution is -2.37. The third-order valence-electron chi connectivity index (χ3n) is 3.19. The molecular formula is C14H23FN2O. The van der Waals surface area contributed by atoms with Gasteiger partial charge >= 0.3 is 0 Å². The van der Waals surface area contributed by atoms with Crippen LogP contribution in [-0.4, -0.2) is 20.2 Å². The van der Waals surface area contributed by atoms with Crippen molar-refractivity contribution in [1.82, 2.24) is 5.32 Å². The molecule has 102 valence electrons. The molecular weight excluding hydrogens is 231 g/mol. The van der Waals surface area contributed by atoms with Crippen molar-refractivity contribution in [2.45, 2.75) is 26.8 Å². The molecule has 0 saturated heterocycles. The average Bonchev–Trinajstić information content (AvgIpc) is 2.33. The molecule has 3 N–H and O–H groups in total. The summed E-state index contributed by atoms with van der Waals surface area (Å²) in [6, 6.07) is 5.08. The topological polar surface area (TPSA) is 47.3 Å². The molecule has 0 spiro atoms. The Hall–Kier alpha value is -1.13. The number of ether oxygens (including phenoxy) is 1. The Balaban J connectivity index is 3.05. The molecule has 1 atom stereocenters. The molecule has 0 saturated carbocycles. The number of hydrogen-bond acceptors (Lipinski definition) is 3. The Bertz CT molecular complexity index is 393. The van der Waals surface area contributed by atoms with Gasteiger partial charge in [-0.25, -0.2) is 4.39 Å². The van der Waals surface area contributed by atoms with Crippen LogP contribution in [0.25, 0.3) is 0 Å². The van der Waals surface area contributed by atoms with Crippen LogP contribution in [0.2, 0.25) is 0 Å². The number of benzene rings is 1.